The van der Waals surface area contributed by atoms with Crippen molar-refractivity contribution < 1.29 is 8.42 Å². The molecule has 0 bridgehead atoms. The third-order valence-electron chi connectivity index (χ3n) is 2.62. The highest BCUT2D eigenvalue weighted by Gasteiger charge is 2.12. The molecule has 0 aromatic heterocycles. The minimum Gasteiger partial charge on any atom is -0.384 e. The lowest BCUT2D eigenvalue weighted by Crippen LogP contribution is -2.12. The van der Waals surface area contributed by atoms with Crippen molar-refractivity contribution in [1.82, 2.24) is 0 Å². The number of rotatable bonds is 5. The lowest BCUT2D eigenvalue weighted by molar-refractivity contribution is 0.590. The number of anilines is 1. The van der Waals surface area contributed by atoms with Crippen molar-refractivity contribution in [2.24, 2.45) is 5.92 Å². The molecule has 1 N–H and O–H groups in total. The van der Waals surface area contributed by atoms with E-state index < -0.39 is 9.84 Å². The first-order chi connectivity index (χ1) is 7.45. The van der Waals surface area contributed by atoms with Gasteiger partial charge in [0.15, 0.2) is 9.84 Å². The fourth-order valence-electron chi connectivity index (χ4n) is 1.36. The molecule has 0 aliphatic rings. The summed E-state index contributed by atoms with van der Waals surface area (Å²) in [6.07, 6.45) is 2.31. The van der Waals surface area contributed by atoms with Crippen LogP contribution in [-0.4, -0.2) is 21.2 Å². The summed E-state index contributed by atoms with van der Waals surface area (Å²) in [6.45, 7) is 5.05. The molecule has 0 aliphatic heterocycles. The zero-order valence-corrected chi connectivity index (χ0v) is 10.8. The molecule has 3 nitrogen and oxygen atoms in total. The largest absolute Gasteiger partial charge is 0.384 e. The fourth-order valence-corrected chi connectivity index (χ4v) is 2.23. The van der Waals surface area contributed by atoms with Gasteiger partial charge in [0.2, 0.25) is 0 Å². The van der Waals surface area contributed by atoms with Gasteiger partial charge in [-0.3, -0.25) is 0 Å². The van der Waals surface area contributed by atoms with E-state index in [2.05, 4.69) is 19.2 Å². The predicted molar refractivity (Wildman–Crippen MR) is 67.5 cm³/mol. The van der Waals surface area contributed by atoms with Crippen molar-refractivity contribution >= 4 is 15.5 Å². The van der Waals surface area contributed by atoms with E-state index in [1.807, 2.05) is 6.07 Å². The third kappa shape index (κ3) is 3.52. The van der Waals surface area contributed by atoms with Gasteiger partial charge in [0.25, 0.3) is 0 Å². The summed E-state index contributed by atoms with van der Waals surface area (Å²) in [5, 5.41) is 3.19. The first kappa shape index (κ1) is 13.0. The molecule has 1 atom stereocenters. The zero-order valence-electron chi connectivity index (χ0n) is 10.0. The molecule has 1 rings (SSSR count). The number of hydrogen-bond donors (Lipinski definition) is 1. The van der Waals surface area contributed by atoms with Gasteiger partial charge in [-0.05, 0) is 18.1 Å². The first-order valence-corrected chi connectivity index (χ1v) is 7.37. The molecule has 16 heavy (non-hydrogen) atoms. The fraction of sp³-hybridized carbons (Fsp3) is 0.500. The molecule has 1 aromatic rings. The molecule has 1 aromatic carbocycles. The standard InChI is InChI=1S/C12H19NO2S/c1-4-10(2)9-13-11-7-5-6-8-12(11)16(3,14)15/h5-8,10,13H,4,9H2,1-3H3. The lowest BCUT2D eigenvalue weighted by Gasteiger charge is -2.13. The summed E-state index contributed by atoms with van der Waals surface area (Å²) in [5.74, 6) is 0.535. The Labute approximate surface area is 97.8 Å². The van der Waals surface area contributed by atoms with Crippen molar-refractivity contribution in [3.05, 3.63) is 24.3 Å². The average Bonchev–Trinajstić information content (AvgIpc) is 2.25. The van der Waals surface area contributed by atoms with Gasteiger partial charge < -0.3 is 5.32 Å². The number of sulfone groups is 1. The monoisotopic (exact) mass is 241 g/mol. The Balaban J connectivity index is 2.88. The Morgan fingerprint density at radius 2 is 1.94 bits per heavy atom. The number of nitrogens with one attached hydrogen (secondary N) is 1. The van der Waals surface area contributed by atoms with Gasteiger partial charge in [-0.15, -0.1) is 0 Å². The average molecular weight is 241 g/mol. The van der Waals surface area contributed by atoms with E-state index in [0.717, 1.165) is 13.0 Å². The third-order valence-corrected chi connectivity index (χ3v) is 3.78. The van der Waals surface area contributed by atoms with Crippen LogP contribution in [-0.2, 0) is 9.84 Å². The topological polar surface area (TPSA) is 46.2 Å². The Kier molecular flexibility index (Phi) is 4.35. The Bertz CT molecular complexity index is 440. The van der Waals surface area contributed by atoms with Crippen LogP contribution in [0.2, 0.25) is 0 Å². The summed E-state index contributed by atoms with van der Waals surface area (Å²) in [7, 11) is -3.15. The predicted octanol–water partition coefficient (Wildman–Crippen LogP) is 2.55. The molecule has 4 heteroatoms. The normalized spacial score (nSPS) is 13.4. The molecule has 0 saturated heterocycles. The molecule has 1 unspecified atom stereocenters. The molecule has 0 heterocycles. The van der Waals surface area contributed by atoms with E-state index in [1.54, 1.807) is 18.2 Å². The highest BCUT2D eigenvalue weighted by Crippen LogP contribution is 2.20. The molecule has 0 fully saturated rings. The van der Waals surface area contributed by atoms with Crippen molar-refractivity contribution in [3.8, 4) is 0 Å². The second kappa shape index (κ2) is 5.34. The molecule has 0 radical (unpaired) electrons. The SMILES string of the molecule is CCC(C)CNc1ccccc1S(C)(=O)=O. The number of benzene rings is 1. The molecule has 0 aliphatic carbocycles. The van der Waals surface area contributed by atoms with Crippen molar-refractivity contribution in [3.63, 3.8) is 0 Å². The Morgan fingerprint density at radius 3 is 2.50 bits per heavy atom. The lowest BCUT2D eigenvalue weighted by atomic mass is 10.1. The highest BCUT2D eigenvalue weighted by atomic mass is 32.2. The summed E-state index contributed by atoms with van der Waals surface area (Å²) in [4.78, 5) is 0.373. The molecule has 0 spiro atoms. The van der Waals surface area contributed by atoms with Crippen molar-refractivity contribution in [1.29, 1.82) is 0 Å². The van der Waals surface area contributed by atoms with Crippen LogP contribution in [0.25, 0.3) is 0 Å². The Morgan fingerprint density at radius 1 is 1.31 bits per heavy atom. The van der Waals surface area contributed by atoms with E-state index in [1.165, 1.54) is 6.26 Å². The summed E-state index contributed by atoms with van der Waals surface area (Å²) in [5.41, 5.74) is 0.699. The van der Waals surface area contributed by atoms with Gasteiger partial charge >= 0.3 is 0 Å². The minimum atomic E-state index is -3.15. The van der Waals surface area contributed by atoms with Crippen LogP contribution in [0, 0.1) is 5.92 Å². The van der Waals surface area contributed by atoms with Crippen molar-refractivity contribution in [2.75, 3.05) is 18.1 Å². The van der Waals surface area contributed by atoms with Crippen LogP contribution in [0.15, 0.2) is 29.2 Å². The molecular weight excluding hydrogens is 222 g/mol. The maximum Gasteiger partial charge on any atom is 0.177 e. The van der Waals surface area contributed by atoms with E-state index in [9.17, 15) is 8.42 Å². The van der Waals surface area contributed by atoms with Crippen molar-refractivity contribution in [2.45, 2.75) is 25.2 Å². The number of hydrogen-bond acceptors (Lipinski definition) is 3. The molecule has 0 amide bonds. The first-order valence-electron chi connectivity index (χ1n) is 5.48. The summed E-state index contributed by atoms with van der Waals surface area (Å²) in [6, 6.07) is 7.02. The van der Waals surface area contributed by atoms with Crippen LogP contribution in [0.1, 0.15) is 20.3 Å². The summed E-state index contributed by atoms with van der Waals surface area (Å²) < 4.78 is 23.1. The molecular formula is C12H19NO2S. The second-order valence-electron chi connectivity index (χ2n) is 4.16. The van der Waals surface area contributed by atoms with Crippen LogP contribution < -0.4 is 5.32 Å². The second-order valence-corrected chi connectivity index (χ2v) is 6.15. The van der Waals surface area contributed by atoms with Gasteiger partial charge in [0.05, 0.1) is 10.6 Å². The van der Waals surface area contributed by atoms with Gasteiger partial charge in [-0.25, -0.2) is 8.42 Å². The smallest absolute Gasteiger partial charge is 0.177 e. The Hall–Kier alpha value is -1.03. The van der Waals surface area contributed by atoms with E-state index in [4.69, 9.17) is 0 Å². The molecule has 0 saturated carbocycles. The van der Waals surface area contributed by atoms with Crippen LogP contribution in [0.3, 0.4) is 0 Å². The van der Waals surface area contributed by atoms with Gasteiger partial charge in [-0.2, -0.15) is 0 Å². The maximum atomic E-state index is 11.5. The van der Waals surface area contributed by atoms with E-state index in [-0.39, 0.29) is 0 Å². The minimum absolute atomic E-state index is 0.373. The van der Waals surface area contributed by atoms with E-state index in [0.29, 0.717) is 16.5 Å². The van der Waals surface area contributed by atoms with Gasteiger partial charge in [-0.1, -0.05) is 32.4 Å². The number of para-hydroxylation sites is 1. The van der Waals surface area contributed by atoms with Crippen LogP contribution >= 0.6 is 0 Å². The molecule has 90 valence electrons. The quantitative estimate of drug-likeness (QED) is 0.861. The summed E-state index contributed by atoms with van der Waals surface area (Å²) >= 11 is 0. The highest BCUT2D eigenvalue weighted by molar-refractivity contribution is 7.90. The van der Waals surface area contributed by atoms with Gasteiger partial charge in [0.1, 0.15) is 0 Å². The zero-order chi connectivity index (χ0) is 12.2. The van der Waals surface area contributed by atoms with Gasteiger partial charge in [0, 0.05) is 12.8 Å². The van der Waals surface area contributed by atoms with Crippen LogP contribution in [0.5, 0.6) is 0 Å². The maximum absolute atomic E-state index is 11.5. The van der Waals surface area contributed by atoms with Crippen LogP contribution in [0.4, 0.5) is 5.69 Å². The van der Waals surface area contributed by atoms with E-state index >= 15 is 0 Å².